The molecule has 3 aliphatic carbocycles. The number of aliphatic hydroxyl groups is 2. The van der Waals surface area contributed by atoms with Gasteiger partial charge in [-0.1, -0.05) is 27.2 Å². The minimum Gasteiger partial charge on any atom is -0.469 e. The van der Waals surface area contributed by atoms with E-state index in [1.807, 2.05) is 6.07 Å². The number of aliphatic hydroxyl groups excluding tert-OH is 2. The van der Waals surface area contributed by atoms with Gasteiger partial charge in [0.2, 0.25) is 0 Å². The molecule has 144 valence electrons. The average molecular weight is 362 g/mol. The van der Waals surface area contributed by atoms with Crippen LogP contribution in [0.25, 0.3) is 0 Å². The molecule has 3 aliphatic rings. The Hall–Kier alpha value is -1.33. The summed E-state index contributed by atoms with van der Waals surface area (Å²) in [7, 11) is 1.38. The van der Waals surface area contributed by atoms with Crippen molar-refractivity contribution in [3.05, 3.63) is 23.7 Å². The van der Waals surface area contributed by atoms with Crippen LogP contribution in [0.5, 0.6) is 0 Å². The van der Waals surface area contributed by atoms with E-state index in [1.54, 1.807) is 6.26 Å². The molecule has 0 aromatic carbocycles. The molecule has 0 spiro atoms. The van der Waals surface area contributed by atoms with Crippen molar-refractivity contribution >= 4 is 5.97 Å². The number of ether oxygens (including phenoxy) is 1. The first kappa shape index (κ1) is 18.1. The molecule has 5 heteroatoms. The van der Waals surface area contributed by atoms with E-state index in [9.17, 15) is 15.0 Å². The monoisotopic (exact) mass is 362 g/mol. The molecule has 1 heterocycles. The van der Waals surface area contributed by atoms with Crippen molar-refractivity contribution in [1.29, 1.82) is 0 Å². The average Bonchev–Trinajstić information content (AvgIpc) is 3.05. The topological polar surface area (TPSA) is 79.9 Å². The molecule has 4 rings (SSSR count). The van der Waals surface area contributed by atoms with Crippen LogP contribution in [-0.4, -0.2) is 35.5 Å². The van der Waals surface area contributed by atoms with Crippen LogP contribution >= 0.6 is 0 Å². The Balaban J connectivity index is 1.86. The molecule has 0 unspecified atom stereocenters. The van der Waals surface area contributed by atoms with Gasteiger partial charge in [-0.05, 0) is 41.6 Å². The maximum atomic E-state index is 12.7. The fraction of sp³-hybridized carbons (Fsp3) is 0.762. The highest BCUT2D eigenvalue weighted by Gasteiger charge is 2.64. The summed E-state index contributed by atoms with van der Waals surface area (Å²) in [6.45, 7) is 6.64. The van der Waals surface area contributed by atoms with Crippen molar-refractivity contribution in [3.8, 4) is 0 Å². The number of furan rings is 1. The predicted octanol–water partition coefficient (Wildman–Crippen LogP) is 2.89. The normalized spacial score (nSPS) is 43.8. The van der Waals surface area contributed by atoms with Crippen molar-refractivity contribution in [2.45, 2.75) is 64.6 Å². The summed E-state index contributed by atoms with van der Waals surface area (Å²) in [5, 5.41) is 22.3. The van der Waals surface area contributed by atoms with Gasteiger partial charge in [-0.25, -0.2) is 0 Å². The summed E-state index contributed by atoms with van der Waals surface area (Å²) in [5.41, 5.74) is 0.603. The lowest BCUT2D eigenvalue weighted by atomic mass is 9.42. The van der Waals surface area contributed by atoms with E-state index < -0.39 is 18.1 Å². The first-order chi connectivity index (χ1) is 12.2. The third-order valence-corrected chi connectivity index (χ3v) is 7.85. The van der Waals surface area contributed by atoms with Gasteiger partial charge in [0.15, 0.2) is 0 Å². The number of methoxy groups -OCH3 is 1. The van der Waals surface area contributed by atoms with Gasteiger partial charge >= 0.3 is 5.97 Å². The van der Waals surface area contributed by atoms with Crippen molar-refractivity contribution in [2.75, 3.05) is 7.11 Å². The van der Waals surface area contributed by atoms with Crippen LogP contribution in [0, 0.1) is 28.6 Å². The Labute approximate surface area is 154 Å². The molecule has 2 saturated carbocycles. The number of rotatable bonds is 1. The highest BCUT2D eigenvalue weighted by atomic mass is 16.5. The Morgan fingerprint density at radius 3 is 2.65 bits per heavy atom. The lowest BCUT2D eigenvalue weighted by molar-refractivity contribution is -0.219. The van der Waals surface area contributed by atoms with Crippen LogP contribution in [0.2, 0.25) is 0 Å². The van der Waals surface area contributed by atoms with Gasteiger partial charge in [-0.15, -0.1) is 0 Å². The lowest BCUT2D eigenvalue weighted by Gasteiger charge is -2.63. The van der Waals surface area contributed by atoms with Crippen molar-refractivity contribution in [1.82, 2.24) is 0 Å². The van der Waals surface area contributed by atoms with Crippen molar-refractivity contribution < 1.29 is 24.2 Å². The van der Waals surface area contributed by atoms with E-state index in [4.69, 9.17) is 9.15 Å². The number of carbonyl (C=O) groups is 1. The van der Waals surface area contributed by atoms with Crippen LogP contribution in [0.3, 0.4) is 0 Å². The SMILES string of the molecule is COC(=O)[C@H]1c2ccoc2C[C@H]2[C@H]1[C@@H](O)[C@@H](O)[C@@H]1C(C)(C)CCC[C@]12C. The molecule has 0 aliphatic heterocycles. The molecule has 0 amide bonds. The summed E-state index contributed by atoms with van der Waals surface area (Å²) in [5.74, 6) is -0.389. The second kappa shape index (κ2) is 5.83. The van der Waals surface area contributed by atoms with Crippen molar-refractivity contribution in [2.24, 2.45) is 28.6 Å². The summed E-state index contributed by atoms with van der Waals surface area (Å²) >= 11 is 0. The lowest BCUT2D eigenvalue weighted by Crippen LogP contribution is -2.65. The highest BCUT2D eigenvalue weighted by Crippen LogP contribution is 2.64. The quantitative estimate of drug-likeness (QED) is 0.751. The third-order valence-electron chi connectivity index (χ3n) is 7.85. The number of carbonyl (C=O) groups excluding carboxylic acids is 1. The van der Waals surface area contributed by atoms with Gasteiger partial charge in [0.25, 0.3) is 0 Å². The van der Waals surface area contributed by atoms with Crippen LogP contribution in [0.15, 0.2) is 16.7 Å². The fourth-order valence-electron chi connectivity index (χ4n) is 6.91. The first-order valence-electron chi connectivity index (χ1n) is 9.72. The molecule has 5 nitrogen and oxygen atoms in total. The molecule has 2 N–H and O–H groups in total. The fourth-order valence-corrected chi connectivity index (χ4v) is 6.91. The van der Waals surface area contributed by atoms with E-state index in [0.29, 0.717) is 6.42 Å². The summed E-state index contributed by atoms with van der Waals surface area (Å²) in [6.07, 6.45) is 3.68. The van der Waals surface area contributed by atoms with Crippen LogP contribution in [0.4, 0.5) is 0 Å². The summed E-state index contributed by atoms with van der Waals surface area (Å²) in [4.78, 5) is 12.7. The minimum absolute atomic E-state index is 0.00481. The number of esters is 1. The maximum absolute atomic E-state index is 12.7. The zero-order chi connectivity index (χ0) is 18.9. The van der Waals surface area contributed by atoms with Crippen LogP contribution in [-0.2, 0) is 16.0 Å². The van der Waals surface area contributed by atoms with E-state index in [0.717, 1.165) is 30.6 Å². The van der Waals surface area contributed by atoms with Gasteiger partial charge in [0, 0.05) is 17.9 Å². The van der Waals surface area contributed by atoms with Gasteiger partial charge in [-0.3, -0.25) is 4.79 Å². The molecule has 1 aromatic rings. The zero-order valence-electron chi connectivity index (χ0n) is 16.1. The second-order valence-electron chi connectivity index (χ2n) is 9.49. The Morgan fingerprint density at radius 1 is 1.23 bits per heavy atom. The third kappa shape index (κ3) is 2.26. The molecule has 1 aromatic heterocycles. The van der Waals surface area contributed by atoms with E-state index in [-0.39, 0.29) is 34.6 Å². The maximum Gasteiger partial charge on any atom is 0.313 e. The summed E-state index contributed by atoms with van der Waals surface area (Å²) in [6, 6.07) is 1.81. The smallest absolute Gasteiger partial charge is 0.313 e. The molecule has 0 saturated heterocycles. The van der Waals surface area contributed by atoms with Gasteiger partial charge in [0.1, 0.15) is 5.76 Å². The number of hydrogen-bond donors (Lipinski definition) is 2. The van der Waals surface area contributed by atoms with E-state index in [1.165, 1.54) is 7.11 Å². The molecule has 0 bridgehead atoms. The Bertz CT molecular complexity index is 707. The number of fused-ring (bicyclic) bond motifs is 4. The minimum atomic E-state index is -0.942. The van der Waals surface area contributed by atoms with Gasteiger partial charge in [-0.2, -0.15) is 0 Å². The van der Waals surface area contributed by atoms with Gasteiger partial charge < -0.3 is 19.4 Å². The first-order valence-corrected chi connectivity index (χ1v) is 9.72. The van der Waals surface area contributed by atoms with E-state index >= 15 is 0 Å². The Kier molecular flexibility index (Phi) is 4.05. The second-order valence-corrected chi connectivity index (χ2v) is 9.49. The standard InChI is InChI=1S/C21H30O5/c1-20(2)7-5-8-21(3)12-10-13-11(6-9-26-13)14(19(24)25-4)15(12)16(22)17(23)18(20)21/h6,9,12,14-18,22-23H,5,7-8,10H2,1-4H3/t12-,14-,15+,16+,17+,18+,21-/m0/s1. The zero-order valence-corrected chi connectivity index (χ0v) is 16.1. The Morgan fingerprint density at radius 2 is 1.96 bits per heavy atom. The number of hydrogen-bond acceptors (Lipinski definition) is 5. The van der Waals surface area contributed by atoms with Gasteiger partial charge in [0.05, 0.1) is 31.5 Å². The molecule has 26 heavy (non-hydrogen) atoms. The molecule has 0 radical (unpaired) electrons. The van der Waals surface area contributed by atoms with Crippen LogP contribution in [0.1, 0.15) is 57.3 Å². The largest absolute Gasteiger partial charge is 0.469 e. The molecular formula is C21H30O5. The molecule has 2 fully saturated rings. The predicted molar refractivity (Wildman–Crippen MR) is 95.4 cm³/mol. The van der Waals surface area contributed by atoms with E-state index in [2.05, 4.69) is 20.8 Å². The van der Waals surface area contributed by atoms with Crippen LogP contribution < -0.4 is 0 Å². The summed E-state index contributed by atoms with van der Waals surface area (Å²) < 4.78 is 10.8. The highest BCUT2D eigenvalue weighted by molar-refractivity contribution is 5.79. The van der Waals surface area contributed by atoms with Crippen molar-refractivity contribution in [3.63, 3.8) is 0 Å². The molecule has 7 atom stereocenters. The molecular weight excluding hydrogens is 332 g/mol.